The summed E-state index contributed by atoms with van der Waals surface area (Å²) < 4.78 is 0. The van der Waals surface area contributed by atoms with Crippen LogP contribution in [-0.4, -0.2) is 11.2 Å². The number of fused-ring (bicyclic) bond motifs is 4. The summed E-state index contributed by atoms with van der Waals surface area (Å²) in [6.07, 6.45) is 15.1. The molecule has 5 aliphatic rings. The summed E-state index contributed by atoms with van der Waals surface area (Å²) in [5, 5.41) is 10.7. The van der Waals surface area contributed by atoms with Crippen molar-refractivity contribution < 1.29 is 5.11 Å². The Bertz CT molecular complexity index is 462. The van der Waals surface area contributed by atoms with E-state index in [2.05, 4.69) is 18.2 Å². The summed E-state index contributed by atoms with van der Waals surface area (Å²) in [5.41, 5.74) is 2.07. The van der Waals surface area contributed by atoms with E-state index in [0.717, 1.165) is 30.1 Å². The molecular weight excluding hydrogens is 220 g/mol. The average Bonchev–Trinajstić information content (AvgIpc) is 2.75. The summed E-state index contributed by atoms with van der Waals surface area (Å²) in [4.78, 5) is 0. The number of hydrogen-bond donors (Lipinski definition) is 1. The largest absolute Gasteiger partial charge is 0.393 e. The highest BCUT2D eigenvalue weighted by atomic mass is 16.3. The Morgan fingerprint density at radius 1 is 1.17 bits per heavy atom. The molecule has 0 bridgehead atoms. The van der Waals surface area contributed by atoms with E-state index in [-0.39, 0.29) is 6.10 Å². The van der Waals surface area contributed by atoms with Crippen molar-refractivity contribution in [1.82, 2.24) is 0 Å². The van der Waals surface area contributed by atoms with E-state index in [0.29, 0.717) is 11.3 Å². The van der Waals surface area contributed by atoms with E-state index in [4.69, 9.17) is 0 Å². The van der Waals surface area contributed by atoms with Gasteiger partial charge in [-0.15, -0.1) is 0 Å². The first-order valence-electron chi connectivity index (χ1n) is 7.87. The summed E-state index contributed by atoms with van der Waals surface area (Å²) in [7, 11) is 0. The maximum Gasteiger partial charge on any atom is 0.0607 e. The van der Waals surface area contributed by atoms with Crippen LogP contribution >= 0.6 is 0 Å². The molecule has 0 aromatic carbocycles. The minimum absolute atomic E-state index is 0.0106. The molecule has 1 N–H and O–H groups in total. The fraction of sp³-hybridized carbons (Fsp3) is 0.765. The molecular formula is C17H22O. The summed E-state index contributed by atoms with van der Waals surface area (Å²) in [6, 6.07) is 0. The van der Waals surface area contributed by atoms with Crippen LogP contribution in [-0.2, 0) is 0 Å². The topological polar surface area (TPSA) is 20.2 Å². The Morgan fingerprint density at radius 3 is 3.00 bits per heavy atom. The van der Waals surface area contributed by atoms with Gasteiger partial charge in [0.15, 0.2) is 0 Å². The second kappa shape index (κ2) is 3.12. The molecule has 0 aromatic heterocycles. The van der Waals surface area contributed by atoms with Crippen LogP contribution < -0.4 is 0 Å². The van der Waals surface area contributed by atoms with Crippen LogP contribution in [0.3, 0.4) is 0 Å². The van der Waals surface area contributed by atoms with Gasteiger partial charge in [0, 0.05) is 5.41 Å². The van der Waals surface area contributed by atoms with Crippen molar-refractivity contribution in [3.63, 3.8) is 0 Å². The van der Waals surface area contributed by atoms with E-state index >= 15 is 0 Å². The number of hydrogen-bond acceptors (Lipinski definition) is 1. The third-order valence-electron chi connectivity index (χ3n) is 7.15. The smallest absolute Gasteiger partial charge is 0.0607 e. The number of allylic oxidation sites excluding steroid dienone is 4. The fourth-order valence-electron chi connectivity index (χ4n) is 6.38. The Kier molecular flexibility index (Phi) is 1.78. The van der Waals surface area contributed by atoms with Crippen LogP contribution in [0.4, 0.5) is 0 Å². The molecule has 1 heteroatoms. The lowest BCUT2D eigenvalue weighted by Gasteiger charge is -2.49. The Hall–Kier alpha value is -0.560. The summed E-state index contributed by atoms with van der Waals surface area (Å²) in [6.45, 7) is 0. The highest BCUT2D eigenvalue weighted by Gasteiger charge is 2.70. The second-order valence-corrected chi connectivity index (χ2v) is 7.45. The molecule has 1 spiro atoms. The summed E-state index contributed by atoms with van der Waals surface area (Å²) >= 11 is 0. The zero-order valence-corrected chi connectivity index (χ0v) is 10.9. The molecule has 0 amide bonds. The van der Waals surface area contributed by atoms with Gasteiger partial charge in [-0.25, -0.2) is 0 Å². The van der Waals surface area contributed by atoms with Gasteiger partial charge in [0.1, 0.15) is 0 Å². The number of aliphatic hydroxyl groups is 1. The van der Waals surface area contributed by atoms with Crippen molar-refractivity contribution in [2.45, 2.75) is 44.6 Å². The van der Waals surface area contributed by atoms with Gasteiger partial charge < -0.3 is 5.11 Å². The predicted molar refractivity (Wildman–Crippen MR) is 70.8 cm³/mol. The maximum absolute atomic E-state index is 10.7. The predicted octanol–water partition coefficient (Wildman–Crippen LogP) is 3.31. The molecule has 4 saturated carbocycles. The van der Waals surface area contributed by atoms with Gasteiger partial charge in [-0.3, -0.25) is 0 Å². The Labute approximate surface area is 109 Å². The third-order valence-corrected chi connectivity index (χ3v) is 7.15. The van der Waals surface area contributed by atoms with Crippen LogP contribution in [0.5, 0.6) is 0 Å². The van der Waals surface area contributed by atoms with Gasteiger partial charge >= 0.3 is 0 Å². The van der Waals surface area contributed by atoms with Gasteiger partial charge in [0.2, 0.25) is 0 Å². The van der Waals surface area contributed by atoms with Gasteiger partial charge in [0.25, 0.3) is 0 Å². The molecule has 96 valence electrons. The van der Waals surface area contributed by atoms with Crippen LogP contribution in [0.25, 0.3) is 0 Å². The standard InChI is InChI=1S/C17H22O/c18-16-8-14-12-3-1-2-10(12)4-6-13(14)15-7-5-11-9-17(11,15)16/h1-3,10-11,13-16,18H,4-9H2. The van der Waals surface area contributed by atoms with Crippen molar-refractivity contribution in [3.05, 3.63) is 23.8 Å². The molecule has 1 nitrogen and oxygen atoms in total. The molecule has 5 aliphatic carbocycles. The molecule has 0 radical (unpaired) electrons. The molecule has 7 unspecified atom stereocenters. The maximum atomic E-state index is 10.7. The molecule has 18 heavy (non-hydrogen) atoms. The molecule has 5 rings (SSSR count). The molecule has 0 aliphatic heterocycles. The van der Waals surface area contributed by atoms with E-state index < -0.39 is 0 Å². The minimum Gasteiger partial charge on any atom is -0.393 e. The zero-order valence-electron chi connectivity index (χ0n) is 10.9. The van der Waals surface area contributed by atoms with Gasteiger partial charge in [-0.05, 0) is 68.1 Å². The van der Waals surface area contributed by atoms with Gasteiger partial charge in [-0.1, -0.05) is 23.8 Å². The van der Waals surface area contributed by atoms with Crippen molar-refractivity contribution in [2.24, 2.45) is 35.0 Å². The molecule has 7 atom stereocenters. The lowest BCUT2D eigenvalue weighted by Crippen LogP contribution is -2.46. The molecule has 0 saturated heterocycles. The van der Waals surface area contributed by atoms with Crippen molar-refractivity contribution in [1.29, 1.82) is 0 Å². The van der Waals surface area contributed by atoms with Gasteiger partial charge in [0.05, 0.1) is 6.10 Å². The van der Waals surface area contributed by atoms with E-state index in [1.165, 1.54) is 32.1 Å². The van der Waals surface area contributed by atoms with Crippen LogP contribution in [0, 0.1) is 35.0 Å². The minimum atomic E-state index is 0.0106. The molecule has 0 heterocycles. The number of aliphatic hydroxyl groups excluding tert-OH is 1. The van der Waals surface area contributed by atoms with E-state index in [1.54, 1.807) is 5.57 Å². The third kappa shape index (κ3) is 1.01. The lowest BCUT2D eigenvalue weighted by atomic mass is 9.56. The van der Waals surface area contributed by atoms with Crippen LogP contribution in [0.2, 0.25) is 0 Å². The number of rotatable bonds is 0. The molecule has 4 fully saturated rings. The normalized spacial score (nSPS) is 59.5. The second-order valence-electron chi connectivity index (χ2n) is 7.45. The Balaban J connectivity index is 1.54. The highest BCUT2D eigenvalue weighted by molar-refractivity contribution is 5.34. The lowest BCUT2D eigenvalue weighted by molar-refractivity contribution is -0.0442. The van der Waals surface area contributed by atoms with Crippen LogP contribution in [0.15, 0.2) is 23.8 Å². The fourth-order valence-corrected chi connectivity index (χ4v) is 6.38. The SMILES string of the molecule is OC1CC2C3=CC=CC3CCC2C2CCC3CC132. The molecule has 0 aromatic rings. The van der Waals surface area contributed by atoms with E-state index in [9.17, 15) is 5.11 Å². The zero-order chi connectivity index (χ0) is 11.9. The summed E-state index contributed by atoms with van der Waals surface area (Å²) in [5.74, 6) is 4.10. The van der Waals surface area contributed by atoms with Gasteiger partial charge in [-0.2, -0.15) is 0 Å². The first-order valence-corrected chi connectivity index (χ1v) is 7.87. The van der Waals surface area contributed by atoms with Crippen molar-refractivity contribution >= 4 is 0 Å². The average molecular weight is 242 g/mol. The quantitative estimate of drug-likeness (QED) is 0.691. The highest BCUT2D eigenvalue weighted by Crippen LogP contribution is 2.75. The van der Waals surface area contributed by atoms with Crippen molar-refractivity contribution in [3.8, 4) is 0 Å². The van der Waals surface area contributed by atoms with Crippen molar-refractivity contribution in [2.75, 3.05) is 0 Å². The van der Waals surface area contributed by atoms with E-state index in [1.807, 2.05) is 0 Å². The first kappa shape index (κ1) is 10.3. The monoisotopic (exact) mass is 242 g/mol. The Morgan fingerprint density at radius 2 is 2.11 bits per heavy atom. The first-order chi connectivity index (χ1) is 8.80. The van der Waals surface area contributed by atoms with Crippen LogP contribution in [0.1, 0.15) is 38.5 Å².